The van der Waals surface area contributed by atoms with Gasteiger partial charge in [-0.1, -0.05) is 62.2 Å². The van der Waals surface area contributed by atoms with Crippen molar-refractivity contribution < 1.29 is 4.79 Å². The Morgan fingerprint density at radius 2 is 1.50 bits per heavy atom. The highest BCUT2D eigenvalue weighted by molar-refractivity contribution is 9.10. The molecule has 0 aliphatic heterocycles. The molecule has 2 aromatic rings. The molecule has 0 atom stereocenters. The van der Waals surface area contributed by atoms with Gasteiger partial charge in [0.05, 0.1) is 0 Å². The number of urea groups is 1. The first-order valence-electron chi connectivity index (χ1n) is 7.15. The molecule has 0 fully saturated rings. The maximum atomic E-state index is 11.7. The molecule has 2 rings (SSSR count). The fourth-order valence-corrected chi connectivity index (χ4v) is 2.79. The molecule has 2 aromatic carbocycles. The third-order valence-corrected chi connectivity index (χ3v) is 4.55. The number of benzene rings is 2. The molecular formula is C17H18Br2N2O. The van der Waals surface area contributed by atoms with Crippen LogP contribution in [0, 0.1) is 0 Å². The fourth-order valence-electron chi connectivity index (χ4n) is 2.05. The van der Waals surface area contributed by atoms with Gasteiger partial charge in [0.25, 0.3) is 0 Å². The van der Waals surface area contributed by atoms with Gasteiger partial charge in [-0.15, -0.1) is 0 Å². The van der Waals surface area contributed by atoms with E-state index in [9.17, 15) is 4.79 Å². The lowest BCUT2D eigenvalue weighted by Gasteiger charge is -2.08. The van der Waals surface area contributed by atoms with Crippen LogP contribution in [-0.2, 0) is 12.8 Å². The highest BCUT2D eigenvalue weighted by Gasteiger charge is 2.02. The molecule has 0 unspecified atom stereocenters. The van der Waals surface area contributed by atoms with Gasteiger partial charge in [0.2, 0.25) is 0 Å². The molecular weight excluding hydrogens is 408 g/mol. The zero-order chi connectivity index (χ0) is 15.8. The predicted octanol–water partition coefficient (Wildman–Crippen LogP) is 4.30. The first kappa shape index (κ1) is 17.0. The second-order valence-electron chi connectivity index (χ2n) is 4.90. The van der Waals surface area contributed by atoms with E-state index in [1.807, 2.05) is 30.3 Å². The molecule has 0 radical (unpaired) electrons. The second kappa shape index (κ2) is 8.96. The normalized spacial score (nSPS) is 10.3. The molecule has 0 spiro atoms. The molecule has 0 heterocycles. The number of amides is 2. The number of rotatable bonds is 6. The molecule has 0 bridgehead atoms. The SMILES string of the molecule is O=C(NCCc1ccc(Br)cc1)NCCc1ccccc1Br. The van der Waals surface area contributed by atoms with Crippen molar-refractivity contribution >= 4 is 37.9 Å². The Kier molecular flexibility index (Phi) is 6.93. The van der Waals surface area contributed by atoms with Crippen LogP contribution in [0.25, 0.3) is 0 Å². The Bertz CT molecular complexity index is 614. The van der Waals surface area contributed by atoms with Crippen LogP contribution in [0.2, 0.25) is 0 Å². The minimum atomic E-state index is -0.121. The van der Waals surface area contributed by atoms with Gasteiger partial charge >= 0.3 is 6.03 Å². The molecule has 0 saturated heterocycles. The minimum Gasteiger partial charge on any atom is -0.338 e. The summed E-state index contributed by atoms with van der Waals surface area (Å²) in [6, 6.07) is 16.0. The van der Waals surface area contributed by atoms with Crippen LogP contribution in [0.1, 0.15) is 11.1 Å². The molecule has 0 aliphatic rings. The van der Waals surface area contributed by atoms with Gasteiger partial charge in [0.15, 0.2) is 0 Å². The quantitative estimate of drug-likeness (QED) is 0.711. The van der Waals surface area contributed by atoms with Crippen LogP contribution in [0.3, 0.4) is 0 Å². The zero-order valence-corrected chi connectivity index (χ0v) is 15.3. The second-order valence-corrected chi connectivity index (χ2v) is 6.67. The summed E-state index contributed by atoms with van der Waals surface area (Å²) in [5.74, 6) is 0. The number of halogens is 2. The summed E-state index contributed by atoms with van der Waals surface area (Å²) in [4.78, 5) is 11.7. The van der Waals surface area contributed by atoms with Crippen molar-refractivity contribution in [1.29, 1.82) is 0 Å². The highest BCUT2D eigenvalue weighted by atomic mass is 79.9. The molecule has 2 amide bonds. The monoisotopic (exact) mass is 424 g/mol. The molecule has 22 heavy (non-hydrogen) atoms. The van der Waals surface area contributed by atoms with E-state index in [0.29, 0.717) is 13.1 Å². The minimum absolute atomic E-state index is 0.121. The van der Waals surface area contributed by atoms with E-state index < -0.39 is 0 Å². The largest absolute Gasteiger partial charge is 0.338 e. The fraction of sp³-hybridized carbons (Fsp3) is 0.235. The number of carbonyl (C=O) groups is 1. The van der Waals surface area contributed by atoms with Crippen LogP contribution in [0.5, 0.6) is 0 Å². The van der Waals surface area contributed by atoms with Crippen LogP contribution < -0.4 is 10.6 Å². The predicted molar refractivity (Wildman–Crippen MR) is 97.1 cm³/mol. The summed E-state index contributed by atoms with van der Waals surface area (Å²) in [5, 5.41) is 5.75. The smallest absolute Gasteiger partial charge is 0.314 e. The summed E-state index contributed by atoms with van der Waals surface area (Å²) >= 11 is 6.91. The Labute approximate surface area is 147 Å². The van der Waals surface area contributed by atoms with Gasteiger partial charge in [0, 0.05) is 22.0 Å². The number of hydrogen-bond acceptors (Lipinski definition) is 1. The van der Waals surface area contributed by atoms with Crippen molar-refractivity contribution in [2.24, 2.45) is 0 Å². The van der Waals surface area contributed by atoms with Crippen LogP contribution >= 0.6 is 31.9 Å². The lowest BCUT2D eigenvalue weighted by molar-refractivity contribution is 0.241. The van der Waals surface area contributed by atoms with Gasteiger partial charge in [-0.05, 0) is 42.2 Å². The van der Waals surface area contributed by atoms with Crippen molar-refractivity contribution in [3.63, 3.8) is 0 Å². The molecule has 116 valence electrons. The Balaban J connectivity index is 1.64. The topological polar surface area (TPSA) is 41.1 Å². The molecule has 0 saturated carbocycles. The van der Waals surface area contributed by atoms with E-state index in [1.54, 1.807) is 0 Å². The first-order valence-corrected chi connectivity index (χ1v) is 8.73. The molecule has 0 aliphatic carbocycles. The Hall–Kier alpha value is -1.33. The van der Waals surface area contributed by atoms with Crippen molar-refractivity contribution in [3.8, 4) is 0 Å². The average Bonchev–Trinajstić information content (AvgIpc) is 2.51. The van der Waals surface area contributed by atoms with Crippen molar-refractivity contribution in [2.75, 3.05) is 13.1 Å². The van der Waals surface area contributed by atoms with E-state index in [1.165, 1.54) is 11.1 Å². The van der Waals surface area contributed by atoms with Crippen molar-refractivity contribution in [2.45, 2.75) is 12.8 Å². The third kappa shape index (κ3) is 5.81. The molecule has 3 nitrogen and oxygen atoms in total. The van der Waals surface area contributed by atoms with Crippen molar-refractivity contribution in [1.82, 2.24) is 10.6 Å². The maximum Gasteiger partial charge on any atom is 0.314 e. The van der Waals surface area contributed by atoms with Gasteiger partial charge < -0.3 is 10.6 Å². The van der Waals surface area contributed by atoms with Crippen LogP contribution in [0.4, 0.5) is 4.79 Å². The van der Waals surface area contributed by atoms with E-state index >= 15 is 0 Å². The van der Waals surface area contributed by atoms with E-state index in [0.717, 1.165) is 21.8 Å². The van der Waals surface area contributed by atoms with Gasteiger partial charge in [-0.25, -0.2) is 4.79 Å². The first-order chi connectivity index (χ1) is 10.6. The summed E-state index contributed by atoms with van der Waals surface area (Å²) in [6.45, 7) is 1.25. The lowest BCUT2D eigenvalue weighted by atomic mass is 10.1. The van der Waals surface area contributed by atoms with Gasteiger partial charge in [-0.3, -0.25) is 0 Å². The van der Waals surface area contributed by atoms with E-state index in [-0.39, 0.29) is 6.03 Å². The Morgan fingerprint density at radius 1 is 0.864 bits per heavy atom. The lowest BCUT2D eigenvalue weighted by Crippen LogP contribution is -2.37. The third-order valence-electron chi connectivity index (χ3n) is 3.25. The number of nitrogens with one attached hydrogen (secondary N) is 2. The summed E-state index contributed by atoms with van der Waals surface area (Å²) in [7, 11) is 0. The summed E-state index contributed by atoms with van der Waals surface area (Å²) < 4.78 is 2.14. The average molecular weight is 426 g/mol. The highest BCUT2D eigenvalue weighted by Crippen LogP contribution is 2.15. The van der Waals surface area contributed by atoms with Gasteiger partial charge in [0.1, 0.15) is 0 Å². The van der Waals surface area contributed by atoms with Crippen molar-refractivity contribution in [3.05, 3.63) is 68.6 Å². The molecule has 5 heteroatoms. The number of carbonyl (C=O) groups excluding carboxylic acids is 1. The maximum absolute atomic E-state index is 11.7. The van der Waals surface area contributed by atoms with Crippen LogP contribution in [-0.4, -0.2) is 19.1 Å². The summed E-state index contributed by atoms with van der Waals surface area (Å²) in [6.07, 6.45) is 1.63. The number of hydrogen-bond donors (Lipinski definition) is 2. The van der Waals surface area contributed by atoms with Crippen LogP contribution in [0.15, 0.2) is 57.5 Å². The Morgan fingerprint density at radius 3 is 2.18 bits per heavy atom. The molecule has 0 aromatic heterocycles. The zero-order valence-electron chi connectivity index (χ0n) is 12.1. The molecule has 2 N–H and O–H groups in total. The summed E-state index contributed by atoms with van der Waals surface area (Å²) in [5.41, 5.74) is 2.40. The van der Waals surface area contributed by atoms with Gasteiger partial charge in [-0.2, -0.15) is 0 Å². The standard InChI is InChI=1S/C17H18Br2N2O/c18-15-7-5-13(6-8-15)9-11-20-17(22)21-12-10-14-3-1-2-4-16(14)19/h1-8H,9-12H2,(H2,20,21,22). The van der Waals surface area contributed by atoms with E-state index in [4.69, 9.17) is 0 Å². The van der Waals surface area contributed by atoms with E-state index in [2.05, 4.69) is 60.7 Å².